The lowest BCUT2D eigenvalue weighted by Gasteiger charge is -2.05. The summed E-state index contributed by atoms with van der Waals surface area (Å²) in [6, 6.07) is 5.30. The molecular weight excluding hydrogens is 293 g/mol. The van der Waals surface area contributed by atoms with Crippen LogP contribution >= 0.6 is 27.5 Å². The molecule has 0 atom stereocenters. The van der Waals surface area contributed by atoms with Gasteiger partial charge in [-0.15, -0.1) is 0 Å². The van der Waals surface area contributed by atoms with Crippen molar-refractivity contribution in [3.8, 4) is 0 Å². The van der Waals surface area contributed by atoms with E-state index in [2.05, 4.69) is 25.7 Å². The molecule has 0 aliphatic rings. The number of methoxy groups -OCH3 is 1. The molecule has 0 spiro atoms. The van der Waals surface area contributed by atoms with E-state index in [9.17, 15) is 4.79 Å². The van der Waals surface area contributed by atoms with E-state index >= 15 is 0 Å². The molecule has 0 aliphatic carbocycles. The van der Waals surface area contributed by atoms with Gasteiger partial charge < -0.3 is 4.74 Å². The van der Waals surface area contributed by atoms with Crippen molar-refractivity contribution >= 4 is 44.4 Å². The maximum Gasteiger partial charge on any atom is 0.340 e. The van der Waals surface area contributed by atoms with E-state index in [1.54, 1.807) is 18.2 Å². The van der Waals surface area contributed by atoms with Crippen LogP contribution in [0, 0.1) is 0 Å². The summed E-state index contributed by atoms with van der Waals surface area (Å²) in [5.74, 6) is -0.429. The van der Waals surface area contributed by atoms with E-state index in [4.69, 9.17) is 11.6 Å². The standard InChI is InChI=1S/C11H7BrClNO2/c1-16-11(15)8-5-14-9-3-2-6(13)4-7(9)10(8)12/h2-5H,1H3. The van der Waals surface area contributed by atoms with E-state index in [-0.39, 0.29) is 0 Å². The van der Waals surface area contributed by atoms with Gasteiger partial charge in [0.05, 0.1) is 18.2 Å². The molecule has 1 aromatic carbocycles. The van der Waals surface area contributed by atoms with Crippen LogP contribution in [0.15, 0.2) is 28.9 Å². The van der Waals surface area contributed by atoms with Gasteiger partial charge in [-0.1, -0.05) is 11.6 Å². The van der Waals surface area contributed by atoms with Crippen LogP contribution in [0.5, 0.6) is 0 Å². The Bertz CT molecular complexity index is 571. The molecule has 16 heavy (non-hydrogen) atoms. The van der Waals surface area contributed by atoms with Crippen molar-refractivity contribution in [2.24, 2.45) is 0 Å². The molecule has 0 fully saturated rings. The van der Waals surface area contributed by atoms with Gasteiger partial charge >= 0.3 is 5.97 Å². The second kappa shape index (κ2) is 4.39. The summed E-state index contributed by atoms with van der Waals surface area (Å²) in [5, 5.41) is 1.38. The van der Waals surface area contributed by atoms with Crippen LogP contribution in [-0.4, -0.2) is 18.1 Å². The molecule has 0 radical (unpaired) electrons. The number of ether oxygens (including phenoxy) is 1. The Balaban J connectivity index is 2.72. The van der Waals surface area contributed by atoms with Gasteiger partial charge in [-0.3, -0.25) is 4.98 Å². The van der Waals surface area contributed by atoms with E-state index in [1.165, 1.54) is 13.3 Å². The summed E-state index contributed by atoms with van der Waals surface area (Å²) < 4.78 is 5.30. The molecule has 2 rings (SSSR count). The zero-order valence-corrected chi connectivity index (χ0v) is 10.7. The maximum atomic E-state index is 11.4. The van der Waals surface area contributed by atoms with Gasteiger partial charge in [0.2, 0.25) is 0 Å². The van der Waals surface area contributed by atoms with Crippen molar-refractivity contribution in [1.82, 2.24) is 4.98 Å². The lowest BCUT2D eigenvalue weighted by molar-refractivity contribution is 0.0599. The number of hydrogen-bond acceptors (Lipinski definition) is 3. The second-order valence-electron chi connectivity index (χ2n) is 3.14. The fourth-order valence-corrected chi connectivity index (χ4v) is 2.14. The number of benzene rings is 1. The van der Waals surface area contributed by atoms with Gasteiger partial charge in [0.1, 0.15) is 0 Å². The number of fused-ring (bicyclic) bond motifs is 1. The molecule has 3 nitrogen and oxygen atoms in total. The highest BCUT2D eigenvalue weighted by Crippen LogP contribution is 2.28. The lowest BCUT2D eigenvalue weighted by atomic mass is 10.1. The Morgan fingerprint density at radius 2 is 2.25 bits per heavy atom. The summed E-state index contributed by atoms with van der Waals surface area (Å²) >= 11 is 9.25. The molecule has 1 heterocycles. The fourth-order valence-electron chi connectivity index (χ4n) is 1.38. The van der Waals surface area contributed by atoms with E-state index in [0.717, 1.165) is 10.9 Å². The highest BCUT2D eigenvalue weighted by molar-refractivity contribution is 9.10. The van der Waals surface area contributed by atoms with Gasteiger partial charge in [-0.05, 0) is 34.1 Å². The Labute approximate surface area is 106 Å². The molecule has 0 aliphatic heterocycles. The smallest absolute Gasteiger partial charge is 0.340 e. The van der Waals surface area contributed by atoms with E-state index < -0.39 is 5.97 Å². The predicted molar refractivity (Wildman–Crippen MR) is 65.8 cm³/mol. The van der Waals surface area contributed by atoms with Crippen LogP contribution in [0.25, 0.3) is 10.9 Å². The first kappa shape index (κ1) is 11.4. The topological polar surface area (TPSA) is 39.2 Å². The number of pyridine rings is 1. The van der Waals surface area contributed by atoms with Crippen molar-refractivity contribution in [2.75, 3.05) is 7.11 Å². The third kappa shape index (κ3) is 1.90. The van der Waals surface area contributed by atoms with Gasteiger partial charge in [-0.25, -0.2) is 4.79 Å². The van der Waals surface area contributed by atoms with Crippen LogP contribution in [0.4, 0.5) is 0 Å². The second-order valence-corrected chi connectivity index (χ2v) is 4.37. The molecule has 2 aromatic rings. The Morgan fingerprint density at radius 3 is 2.94 bits per heavy atom. The average Bonchev–Trinajstić information content (AvgIpc) is 2.29. The van der Waals surface area contributed by atoms with E-state index in [1.807, 2.05) is 0 Å². The van der Waals surface area contributed by atoms with E-state index in [0.29, 0.717) is 15.1 Å². The normalized spacial score (nSPS) is 10.4. The third-order valence-electron chi connectivity index (χ3n) is 2.17. The zero-order valence-electron chi connectivity index (χ0n) is 8.33. The van der Waals surface area contributed by atoms with Crippen molar-refractivity contribution in [3.05, 3.63) is 39.5 Å². The molecule has 0 unspecified atom stereocenters. The summed E-state index contributed by atoms with van der Waals surface area (Å²) in [6.45, 7) is 0. The number of halogens is 2. The average molecular weight is 301 g/mol. The summed E-state index contributed by atoms with van der Waals surface area (Å²) in [4.78, 5) is 15.6. The number of carbonyl (C=O) groups is 1. The highest BCUT2D eigenvalue weighted by atomic mass is 79.9. The lowest BCUT2D eigenvalue weighted by Crippen LogP contribution is -2.03. The zero-order chi connectivity index (χ0) is 11.7. The molecular formula is C11H7BrClNO2. The molecule has 1 aromatic heterocycles. The Kier molecular flexibility index (Phi) is 3.12. The third-order valence-corrected chi connectivity index (χ3v) is 3.26. The number of aromatic nitrogens is 1. The van der Waals surface area contributed by atoms with Gasteiger partial charge in [0.25, 0.3) is 0 Å². The molecule has 82 valence electrons. The van der Waals surface area contributed by atoms with Gasteiger partial charge in [0.15, 0.2) is 0 Å². The summed E-state index contributed by atoms with van der Waals surface area (Å²) in [5.41, 5.74) is 1.15. The van der Waals surface area contributed by atoms with Crippen LogP contribution in [0.2, 0.25) is 5.02 Å². The van der Waals surface area contributed by atoms with Crippen molar-refractivity contribution in [1.29, 1.82) is 0 Å². The van der Waals surface area contributed by atoms with Crippen molar-refractivity contribution in [2.45, 2.75) is 0 Å². The fraction of sp³-hybridized carbons (Fsp3) is 0.0909. The Morgan fingerprint density at radius 1 is 1.50 bits per heavy atom. The minimum atomic E-state index is -0.429. The summed E-state index contributed by atoms with van der Waals surface area (Å²) in [6.07, 6.45) is 1.48. The van der Waals surface area contributed by atoms with Crippen LogP contribution in [0.1, 0.15) is 10.4 Å². The van der Waals surface area contributed by atoms with Crippen molar-refractivity contribution in [3.63, 3.8) is 0 Å². The Hall–Kier alpha value is -1.13. The predicted octanol–water partition coefficient (Wildman–Crippen LogP) is 3.44. The molecule has 5 heteroatoms. The molecule has 0 bridgehead atoms. The number of hydrogen-bond donors (Lipinski definition) is 0. The minimum absolute atomic E-state index is 0.386. The largest absolute Gasteiger partial charge is 0.465 e. The molecule has 0 saturated heterocycles. The van der Waals surface area contributed by atoms with Crippen LogP contribution < -0.4 is 0 Å². The maximum absolute atomic E-state index is 11.4. The monoisotopic (exact) mass is 299 g/mol. The molecule has 0 N–H and O–H groups in total. The number of rotatable bonds is 1. The highest BCUT2D eigenvalue weighted by Gasteiger charge is 2.13. The SMILES string of the molecule is COC(=O)c1cnc2ccc(Cl)cc2c1Br. The van der Waals surface area contributed by atoms with Crippen LogP contribution in [-0.2, 0) is 4.74 Å². The number of esters is 1. The number of carbonyl (C=O) groups excluding carboxylic acids is 1. The first-order valence-electron chi connectivity index (χ1n) is 4.45. The number of nitrogens with zero attached hydrogens (tertiary/aromatic N) is 1. The first-order chi connectivity index (χ1) is 7.63. The van der Waals surface area contributed by atoms with Crippen molar-refractivity contribution < 1.29 is 9.53 Å². The molecule has 0 amide bonds. The first-order valence-corrected chi connectivity index (χ1v) is 5.62. The van der Waals surface area contributed by atoms with Gasteiger partial charge in [0, 0.05) is 21.1 Å². The molecule has 0 saturated carbocycles. The quantitative estimate of drug-likeness (QED) is 0.757. The minimum Gasteiger partial charge on any atom is -0.465 e. The van der Waals surface area contributed by atoms with Gasteiger partial charge in [-0.2, -0.15) is 0 Å². The van der Waals surface area contributed by atoms with Crippen LogP contribution in [0.3, 0.4) is 0 Å². The summed E-state index contributed by atoms with van der Waals surface area (Å²) in [7, 11) is 1.33.